The minimum absolute atomic E-state index is 0.0733. The lowest BCUT2D eigenvalue weighted by molar-refractivity contribution is -0.143. The van der Waals surface area contributed by atoms with Crippen LogP contribution < -0.4 is 5.32 Å². The molecule has 2 N–H and O–H groups in total. The van der Waals surface area contributed by atoms with E-state index in [4.69, 9.17) is 5.11 Å². The standard InChI is InChI=1S/C14H27NO2/c1-2-3-4-5-10-15-11-12-6-8-13(9-7-12)14(16)17/h12-13,15H,2-11H2,1H3,(H,16,17). The second-order valence-electron chi connectivity index (χ2n) is 5.32. The Morgan fingerprint density at radius 2 is 1.88 bits per heavy atom. The third-order valence-electron chi connectivity index (χ3n) is 3.84. The smallest absolute Gasteiger partial charge is 0.306 e. The summed E-state index contributed by atoms with van der Waals surface area (Å²) in [7, 11) is 0. The van der Waals surface area contributed by atoms with Gasteiger partial charge in [0.1, 0.15) is 0 Å². The summed E-state index contributed by atoms with van der Waals surface area (Å²) < 4.78 is 0. The molecule has 0 saturated heterocycles. The number of carbonyl (C=O) groups is 1. The number of carboxylic acid groups (broad SMARTS) is 1. The molecule has 0 spiro atoms. The highest BCUT2D eigenvalue weighted by atomic mass is 16.4. The van der Waals surface area contributed by atoms with E-state index in [9.17, 15) is 4.79 Å². The maximum atomic E-state index is 10.8. The molecule has 17 heavy (non-hydrogen) atoms. The SMILES string of the molecule is CCCCCCNCC1CCC(C(=O)O)CC1. The number of nitrogens with one attached hydrogen (secondary N) is 1. The molecule has 0 bridgehead atoms. The molecule has 3 heteroatoms. The fourth-order valence-corrected chi connectivity index (χ4v) is 2.60. The molecule has 0 radical (unpaired) electrons. The lowest BCUT2D eigenvalue weighted by Crippen LogP contribution is -2.29. The predicted molar refractivity (Wildman–Crippen MR) is 70.1 cm³/mol. The molecule has 1 fully saturated rings. The molecule has 1 saturated carbocycles. The molecule has 0 aliphatic heterocycles. The van der Waals surface area contributed by atoms with Gasteiger partial charge in [0, 0.05) is 0 Å². The second-order valence-corrected chi connectivity index (χ2v) is 5.32. The van der Waals surface area contributed by atoms with Gasteiger partial charge in [-0.05, 0) is 51.1 Å². The van der Waals surface area contributed by atoms with Crippen LogP contribution in [0.2, 0.25) is 0 Å². The molecule has 100 valence electrons. The van der Waals surface area contributed by atoms with E-state index >= 15 is 0 Å². The number of rotatable bonds is 8. The zero-order chi connectivity index (χ0) is 12.5. The predicted octanol–water partition coefficient (Wildman–Crippen LogP) is 3.05. The number of hydrogen-bond donors (Lipinski definition) is 2. The van der Waals surface area contributed by atoms with Gasteiger partial charge in [-0.3, -0.25) is 4.79 Å². The van der Waals surface area contributed by atoms with Crippen molar-refractivity contribution in [1.82, 2.24) is 5.32 Å². The fourth-order valence-electron chi connectivity index (χ4n) is 2.60. The van der Waals surface area contributed by atoms with Crippen molar-refractivity contribution >= 4 is 5.97 Å². The van der Waals surface area contributed by atoms with E-state index in [0.717, 1.165) is 38.8 Å². The highest BCUT2D eigenvalue weighted by Gasteiger charge is 2.25. The van der Waals surface area contributed by atoms with Crippen molar-refractivity contribution in [1.29, 1.82) is 0 Å². The van der Waals surface area contributed by atoms with Crippen molar-refractivity contribution < 1.29 is 9.90 Å². The number of hydrogen-bond acceptors (Lipinski definition) is 2. The Kier molecular flexibility index (Phi) is 7.25. The van der Waals surface area contributed by atoms with E-state index in [1.807, 2.05) is 0 Å². The van der Waals surface area contributed by atoms with Crippen LogP contribution in [0.1, 0.15) is 58.3 Å². The van der Waals surface area contributed by atoms with Crippen LogP contribution in [-0.4, -0.2) is 24.2 Å². The van der Waals surface area contributed by atoms with Gasteiger partial charge in [-0.25, -0.2) is 0 Å². The topological polar surface area (TPSA) is 49.3 Å². The van der Waals surface area contributed by atoms with Crippen molar-refractivity contribution in [2.75, 3.05) is 13.1 Å². The second kappa shape index (κ2) is 8.51. The van der Waals surface area contributed by atoms with Crippen LogP contribution in [0.4, 0.5) is 0 Å². The van der Waals surface area contributed by atoms with Crippen LogP contribution >= 0.6 is 0 Å². The van der Waals surface area contributed by atoms with E-state index in [0.29, 0.717) is 5.92 Å². The Bertz CT molecular complexity index is 210. The van der Waals surface area contributed by atoms with Crippen molar-refractivity contribution in [3.05, 3.63) is 0 Å². The van der Waals surface area contributed by atoms with E-state index in [1.54, 1.807) is 0 Å². The first kappa shape index (κ1) is 14.5. The Morgan fingerprint density at radius 3 is 2.47 bits per heavy atom. The van der Waals surface area contributed by atoms with Crippen LogP contribution in [0.5, 0.6) is 0 Å². The average molecular weight is 241 g/mol. The summed E-state index contributed by atoms with van der Waals surface area (Å²) in [5.74, 6) is 0.0311. The van der Waals surface area contributed by atoms with Crippen LogP contribution in [0, 0.1) is 11.8 Å². The summed E-state index contributed by atoms with van der Waals surface area (Å²) in [5.41, 5.74) is 0. The van der Waals surface area contributed by atoms with Gasteiger partial charge in [0.2, 0.25) is 0 Å². The normalized spacial score (nSPS) is 24.8. The third kappa shape index (κ3) is 6.06. The van der Waals surface area contributed by atoms with Crippen LogP contribution in [0.25, 0.3) is 0 Å². The highest BCUT2D eigenvalue weighted by molar-refractivity contribution is 5.69. The minimum Gasteiger partial charge on any atom is -0.481 e. The zero-order valence-electron chi connectivity index (χ0n) is 11.1. The van der Waals surface area contributed by atoms with Crippen LogP contribution in [-0.2, 0) is 4.79 Å². The molecule has 0 unspecified atom stereocenters. The first-order valence-electron chi connectivity index (χ1n) is 7.17. The van der Waals surface area contributed by atoms with E-state index in [2.05, 4.69) is 12.2 Å². The lowest BCUT2D eigenvalue weighted by Gasteiger charge is -2.26. The van der Waals surface area contributed by atoms with E-state index in [1.165, 1.54) is 25.7 Å². The van der Waals surface area contributed by atoms with Gasteiger partial charge in [-0.15, -0.1) is 0 Å². The molecule has 0 aromatic carbocycles. The Hall–Kier alpha value is -0.570. The molecular weight excluding hydrogens is 214 g/mol. The lowest BCUT2D eigenvalue weighted by atomic mass is 9.82. The number of carboxylic acids is 1. The molecule has 1 aliphatic carbocycles. The average Bonchev–Trinajstić information content (AvgIpc) is 2.34. The van der Waals surface area contributed by atoms with Gasteiger partial charge in [-0.2, -0.15) is 0 Å². The van der Waals surface area contributed by atoms with Gasteiger partial charge >= 0.3 is 5.97 Å². The maximum Gasteiger partial charge on any atom is 0.306 e. The fraction of sp³-hybridized carbons (Fsp3) is 0.929. The van der Waals surface area contributed by atoms with E-state index < -0.39 is 5.97 Å². The summed E-state index contributed by atoms with van der Waals surface area (Å²) in [6.45, 7) is 4.44. The molecule has 3 nitrogen and oxygen atoms in total. The molecule has 0 heterocycles. The maximum absolute atomic E-state index is 10.8. The Labute approximate surface area is 105 Å². The van der Waals surface area contributed by atoms with Crippen molar-refractivity contribution in [2.45, 2.75) is 58.3 Å². The Balaban J connectivity index is 1.97. The largest absolute Gasteiger partial charge is 0.481 e. The first-order valence-corrected chi connectivity index (χ1v) is 7.17. The summed E-state index contributed by atoms with van der Waals surface area (Å²) in [5, 5.41) is 12.4. The van der Waals surface area contributed by atoms with Gasteiger partial charge in [0.15, 0.2) is 0 Å². The molecule has 0 aromatic rings. The highest BCUT2D eigenvalue weighted by Crippen LogP contribution is 2.28. The summed E-state index contributed by atoms with van der Waals surface area (Å²) in [6, 6.07) is 0. The molecule has 0 amide bonds. The van der Waals surface area contributed by atoms with Gasteiger partial charge in [0.05, 0.1) is 5.92 Å². The van der Waals surface area contributed by atoms with Crippen LogP contribution in [0.15, 0.2) is 0 Å². The van der Waals surface area contributed by atoms with Crippen LogP contribution in [0.3, 0.4) is 0 Å². The third-order valence-corrected chi connectivity index (χ3v) is 3.84. The number of unbranched alkanes of at least 4 members (excludes halogenated alkanes) is 3. The first-order chi connectivity index (χ1) is 8.24. The van der Waals surface area contributed by atoms with Gasteiger partial charge in [-0.1, -0.05) is 26.2 Å². The minimum atomic E-state index is -0.601. The summed E-state index contributed by atoms with van der Waals surface area (Å²) in [6.07, 6.45) is 9.14. The Morgan fingerprint density at radius 1 is 1.18 bits per heavy atom. The summed E-state index contributed by atoms with van der Waals surface area (Å²) in [4.78, 5) is 10.8. The van der Waals surface area contributed by atoms with Crippen molar-refractivity contribution in [3.8, 4) is 0 Å². The van der Waals surface area contributed by atoms with E-state index in [-0.39, 0.29) is 5.92 Å². The summed E-state index contributed by atoms with van der Waals surface area (Å²) >= 11 is 0. The monoisotopic (exact) mass is 241 g/mol. The van der Waals surface area contributed by atoms with Gasteiger partial charge in [0.25, 0.3) is 0 Å². The molecular formula is C14H27NO2. The zero-order valence-corrected chi connectivity index (χ0v) is 11.1. The molecule has 0 atom stereocenters. The molecule has 1 rings (SSSR count). The van der Waals surface area contributed by atoms with Crippen molar-refractivity contribution in [2.24, 2.45) is 11.8 Å². The molecule has 1 aliphatic rings. The number of aliphatic carboxylic acids is 1. The van der Waals surface area contributed by atoms with Crippen molar-refractivity contribution in [3.63, 3.8) is 0 Å². The quantitative estimate of drug-likeness (QED) is 0.642. The molecule has 0 aromatic heterocycles. The van der Waals surface area contributed by atoms with Gasteiger partial charge < -0.3 is 10.4 Å².